The molecule has 4 aromatic rings. The predicted octanol–water partition coefficient (Wildman–Crippen LogP) is 5.01. The Morgan fingerprint density at radius 1 is 0.878 bits per heavy atom. The van der Waals surface area contributed by atoms with Gasteiger partial charge in [-0.25, -0.2) is 4.98 Å². The molecule has 0 aliphatic carbocycles. The number of amides is 2. The SMILES string of the molecule is CC(=O)N1CCCN(Cc2ccccc2)CCN(C(=O)CCCn2ccnc2)Cc2cc(-c3cccnc3)ccc21. The molecule has 5 rings (SSSR count). The largest absolute Gasteiger partial charge is 0.337 e. The maximum absolute atomic E-state index is 13.7. The van der Waals surface area contributed by atoms with Gasteiger partial charge in [0.05, 0.1) is 6.33 Å². The number of hydrogen-bond acceptors (Lipinski definition) is 5. The van der Waals surface area contributed by atoms with Gasteiger partial charge in [0.25, 0.3) is 0 Å². The summed E-state index contributed by atoms with van der Waals surface area (Å²) in [6, 6.07) is 20.6. The molecule has 0 radical (unpaired) electrons. The van der Waals surface area contributed by atoms with Gasteiger partial charge in [-0.2, -0.15) is 0 Å². The summed E-state index contributed by atoms with van der Waals surface area (Å²) < 4.78 is 2.00. The van der Waals surface area contributed by atoms with Crippen molar-refractivity contribution in [2.45, 2.75) is 45.8 Å². The molecule has 2 aromatic carbocycles. The molecule has 0 unspecified atom stereocenters. The Morgan fingerprint density at radius 2 is 1.76 bits per heavy atom. The number of pyridine rings is 1. The first-order valence-electron chi connectivity index (χ1n) is 14.4. The second kappa shape index (κ2) is 13.9. The van der Waals surface area contributed by atoms with Gasteiger partial charge in [-0.05, 0) is 53.3 Å². The molecule has 0 bridgehead atoms. The normalized spacial score (nSPS) is 14.8. The van der Waals surface area contributed by atoms with Gasteiger partial charge in [0.2, 0.25) is 11.8 Å². The van der Waals surface area contributed by atoms with Crippen molar-refractivity contribution in [1.29, 1.82) is 0 Å². The Labute approximate surface area is 242 Å². The lowest BCUT2D eigenvalue weighted by Crippen LogP contribution is -2.38. The monoisotopic (exact) mass is 550 g/mol. The first-order chi connectivity index (χ1) is 20.1. The zero-order valence-electron chi connectivity index (χ0n) is 23.7. The van der Waals surface area contributed by atoms with Crippen molar-refractivity contribution < 1.29 is 9.59 Å². The van der Waals surface area contributed by atoms with Crippen molar-refractivity contribution in [3.8, 4) is 11.1 Å². The smallest absolute Gasteiger partial charge is 0.223 e. The summed E-state index contributed by atoms with van der Waals surface area (Å²) in [6.07, 6.45) is 11.1. The molecule has 212 valence electrons. The van der Waals surface area contributed by atoms with E-state index in [1.54, 1.807) is 25.6 Å². The molecule has 0 atom stereocenters. The van der Waals surface area contributed by atoms with Crippen molar-refractivity contribution in [3.63, 3.8) is 0 Å². The average Bonchev–Trinajstić information content (AvgIpc) is 3.50. The van der Waals surface area contributed by atoms with Crippen LogP contribution < -0.4 is 4.90 Å². The molecule has 1 aliphatic heterocycles. The quantitative estimate of drug-likeness (QED) is 0.323. The van der Waals surface area contributed by atoms with Gasteiger partial charge in [-0.15, -0.1) is 0 Å². The number of nitrogens with zero attached hydrogens (tertiary/aromatic N) is 6. The summed E-state index contributed by atoms with van der Waals surface area (Å²) in [5.41, 5.74) is 5.12. The lowest BCUT2D eigenvalue weighted by atomic mass is 10.0. The van der Waals surface area contributed by atoms with E-state index in [1.165, 1.54) is 5.56 Å². The highest BCUT2D eigenvalue weighted by Gasteiger charge is 2.23. The number of carbonyl (C=O) groups is 2. The third-order valence-corrected chi connectivity index (χ3v) is 7.62. The molecule has 8 heteroatoms. The molecular weight excluding hydrogens is 512 g/mol. The van der Waals surface area contributed by atoms with Gasteiger partial charge >= 0.3 is 0 Å². The number of rotatable bonds is 7. The molecular formula is C33H38N6O2. The third-order valence-electron chi connectivity index (χ3n) is 7.62. The summed E-state index contributed by atoms with van der Waals surface area (Å²) in [5, 5.41) is 0. The summed E-state index contributed by atoms with van der Waals surface area (Å²) in [5.74, 6) is 0.128. The third kappa shape index (κ3) is 7.67. The predicted molar refractivity (Wildman–Crippen MR) is 161 cm³/mol. The van der Waals surface area contributed by atoms with Gasteiger partial charge in [0.1, 0.15) is 0 Å². The van der Waals surface area contributed by atoms with Gasteiger partial charge in [0.15, 0.2) is 0 Å². The van der Waals surface area contributed by atoms with Crippen molar-refractivity contribution in [1.82, 2.24) is 24.3 Å². The summed E-state index contributed by atoms with van der Waals surface area (Å²) in [7, 11) is 0. The fourth-order valence-corrected chi connectivity index (χ4v) is 5.45. The topological polar surface area (TPSA) is 74.6 Å². The molecule has 41 heavy (non-hydrogen) atoms. The number of fused-ring (bicyclic) bond motifs is 1. The number of hydrogen-bond donors (Lipinski definition) is 0. The Bertz CT molecular complexity index is 1410. The Balaban J connectivity index is 1.44. The highest BCUT2D eigenvalue weighted by atomic mass is 16.2. The first kappa shape index (κ1) is 28.2. The summed E-state index contributed by atoms with van der Waals surface area (Å²) in [4.78, 5) is 41.3. The minimum absolute atomic E-state index is 0.00689. The van der Waals surface area contributed by atoms with Crippen LogP contribution in [0.3, 0.4) is 0 Å². The Morgan fingerprint density at radius 3 is 2.51 bits per heavy atom. The van der Waals surface area contributed by atoms with Crippen molar-refractivity contribution in [3.05, 3.63) is 103 Å². The van der Waals surface area contributed by atoms with Crippen LogP contribution >= 0.6 is 0 Å². The lowest BCUT2D eigenvalue weighted by Gasteiger charge is -2.28. The maximum Gasteiger partial charge on any atom is 0.223 e. The second-order valence-corrected chi connectivity index (χ2v) is 10.6. The van der Waals surface area contributed by atoms with Crippen LogP contribution in [0, 0.1) is 0 Å². The standard InChI is InChI=1S/C33H38N6O2/c1-27(40)39-18-7-17-36(24-28-8-3-2-4-9-28)20-21-38(33(41)11-6-16-37-19-15-35-26-37)25-31-22-29(12-13-32(31)39)30-10-5-14-34-23-30/h2-5,8-10,12-15,19,22-23,26H,6-7,11,16-18,20-21,24-25H2,1H3. The van der Waals surface area contributed by atoms with Crippen LogP contribution in [0.25, 0.3) is 11.1 Å². The molecule has 0 saturated carbocycles. The second-order valence-electron chi connectivity index (χ2n) is 10.6. The van der Waals surface area contributed by atoms with E-state index >= 15 is 0 Å². The van der Waals surface area contributed by atoms with Gasteiger partial charge in [-0.1, -0.05) is 42.5 Å². The first-order valence-corrected chi connectivity index (χ1v) is 14.4. The van der Waals surface area contributed by atoms with Crippen LogP contribution in [0.15, 0.2) is 91.8 Å². The number of anilines is 1. The van der Waals surface area contributed by atoms with Crippen LogP contribution in [0.1, 0.15) is 37.3 Å². The van der Waals surface area contributed by atoms with E-state index in [4.69, 9.17) is 0 Å². The minimum Gasteiger partial charge on any atom is -0.337 e. The molecule has 0 spiro atoms. The number of benzene rings is 2. The number of aromatic nitrogens is 3. The van der Waals surface area contributed by atoms with Crippen molar-refractivity contribution in [2.24, 2.45) is 0 Å². The van der Waals surface area contributed by atoms with E-state index in [-0.39, 0.29) is 11.8 Å². The molecule has 0 N–H and O–H groups in total. The van der Waals surface area contributed by atoms with E-state index in [9.17, 15) is 9.59 Å². The van der Waals surface area contributed by atoms with E-state index in [0.29, 0.717) is 26.1 Å². The Hall–Kier alpha value is -4.30. The van der Waals surface area contributed by atoms with Crippen LogP contribution in [0.4, 0.5) is 5.69 Å². The van der Waals surface area contributed by atoms with E-state index in [0.717, 1.165) is 61.4 Å². The molecule has 2 amide bonds. The van der Waals surface area contributed by atoms with Crippen LogP contribution in [0.5, 0.6) is 0 Å². The highest BCUT2D eigenvalue weighted by molar-refractivity contribution is 5.93. The minimum atomic E-state index is 0.00689. The zero-order chi connectivity index (χ0) is 28.4. The Kier molecular flexibility index (Phi) is 9.54. The van der Waals surface area contributed by atoms with E-state index < -0.39 is 0 Å². The number of imidazole rings is 1. The van der Waals surface area contributed by atoms with Crippen LogP contribution in [-0.4, -0.2) is 62.3 Å². The fraction of sp³-hybridized carbons (Fsp3) is 0.333. The molecule has 2 aromatic heterocycles. The molecule has 3 heterocycles. The number of aryl methyl sites for hydroxylation is 1. The molecule has 8 nitrogen and oxygen atoms in total. The van der Waals surface area contributed by atoms with Crippen LogP contribution in [0.2, 0.25) is 0 Å². The summed E-state index contributed by atoms with van der Waals surface area (Å²) in [6.45, 7) is 6.47. The van der Waals surface area contributed by atoms with Gasteiger partial charge in [-0.3, -0.25) is 19.5 Å². The average molecular weight is 551 g/mol. The van der Waals surface area contributed by atoms with Crippen LogP contribution in [-0.2, 0) is 29.2 Å². The highest BCUT2D eigenvalue weighted by Crippen LogP contribution is 2.30. The maximum atomic E-state index is 13.7. The van der Waals surface area contributed by atoms with E-state index in [2.05, 4.69) is 45.2 Å². The lowest BCUT2D eigenvalue weighted by molar-refractivity contribution is -0.132. The van der Waals surface area contributed by atoms with Crippen molar-refractivity contribution >= 4 is 17.5 Å². The van der Waals surface area contributed by atoms with Gasteiger partial charge < -0.3 is 14.4 Å². The summed E-state index contributed by atoms with van der Waals surface area (Å²) >= 11 is 0. The van der Waals surface area contributed by atoms with E-state index in [1.807, 2.05) is 57.1 Å². The van der Waals surface area contributed by atoms with Crippen molar-refractivity contribution in [2.75, 3.05) is 31.1 Å². The molecule has 0 fully saturated rings. The number of carbonyl (C=O) groups excluding carboxylic acids is 2. The van der Waals surface area contributed by atoms with Gasteiger partial charge in [0, 0.05) is 89.6 Å². The molecule has 1 aliphatic rings. The molecule has 0 saturated heterocycles. The zero-order valence-corrected chi connectivity index (χ0v) is 23.7. The fourth-order valence-electron chi connectivity index (χ4n) is 5.45.